The molecule has 1 saturated heterocycles. The highest BCUT2D eigenvalue weighted by molar-refractivity contribution is 5.82. The number of piperazine rings is 1. The average molecular weight is 267 g/mol. The summed E-state index contributed by atoms with van der Waals surface area (Å²) in [6.07, 6.45) is 0.730. The molecule has 2 rings (SSSR count). The largest absolute Gasteiger partial charge is 0.355 e. The number of aromatic nitrogens is 2. The number of carbonyl (C=O) groups is 1. The molecule has 1 fully saturated rings. The number of nitrogens with zero attached hydrogens (tertiary/aromatic N) is 3. The molecule has 0 saturated carbocycles. The van der Waals surface area contributed by atoms with Gasteiger partial charge in [0.15, 0.2) is 5.82 Å². The second-order valence-electron chi connectivity index (χ2n) is 4.54. The molecule has 0 bridgehead atoms. The molecule has 0 aliphatic carbocycles. The quantitative estimate of drug-likeness (QED) is 0.751. The Morgan fingerprint density at radius 3 is 3.11 bits per heavy atom. The second-order valence-corrected chi connectivity index (χ2v) is 4.54. The van der Waals surface area contributed by atoms with Crippen LogP contribution in [-0.2, 0) is 17.8 Å². The topological polar surface area (TPSA) is 83.3 Å². The maximum absolute atomic E-state index is 12.0. The summed E-state index contributed by atoms with van der Waals surface area (Å²) in [5, 5.41) is 10.0. The number of hydrogen-bond donors (Lipinski definition) is 2. The molecule has 1 amide bonds. The fourth-order valence-corrected chi connectivity index (χ4v) is 2.17. The fourth-order valence-electron chi connectivity index (χ4n) is 2.17. The van der Waals surface area contributed by atoms with Crippen LogP contribution >= 0.6 is 0 Å². The Bertz CT molecular complexity index is 420. The molecular formula is C12H21N5O2. The standard InChI is InChI=1S/C12H21N5O2/c1-3-11-15-10(16-19-11)8-17-6-5-13-7-9(17)12(18)14-4-2/h9,13H,3-8H2,1-2H3,(H,14,18). The minimum Gasteiger partial charge on any atom is -0.355 e. The highest BCUT2D eigenvalue weighted by atomic mass is 16.5. The van der Waals surface area contributed by atoms with Crippen molar-refractivity contribution in [3.05, 3.63) is 11.7 Å². The van der Waals surface area contributed by atoms with Crippen LogP contribution < -0.4 is 10.6 Å². The van der Waals surface area contributed by atoms with Gasteiger partial charge in [0.25, 0.3) is 0 Å². The first-order valence-electron chi connectivity index (χ1n) is 6.78. The summed E-state index contributed by atoms with van der Waals surface area (Å²) in [4.78, 5) is 18.4. The van der Waals surface area contributed by atoms with Gasteiger partial charge in [-0.15, -0.1) is 0 Å². The minimum absolute atomic E-state index is 0.0499. The molecule has 2 heterocycles. The van der Waals surface area contributed by atoms with E-state index in [1.54, 1.807) is 0 Å². The van der Waals surface area contributed by atoms with E-state index < -0.39 is 0 Å². The monoisotopic (exact) mass is 267 g/mol. The van der Waals surface area contributed by atoms with Crippen molar-refractivity contribution in [2.45, 2.75) is 32.9 Å². The van der Waals surface area contributed by atoms with Crippen LogP contribution in [0.4, 0.5) is 0 Å². The summed E-state index contributed by atoms with van der Waals surface area (Å²) in [7, 11) is 0. The van der Waals surface area contributed by atoms with Crippen molar-refractivity contribution in [3.8, 4) is 0 Å². The Hall–Kier alpha value is -1.47. The van der Waals surface area contributed by atoms with Gasteiger partial charge in [-0.25, -0.2) is 0 Å². The van der Waals surface area contributed by atoms with Crippen molar-refractivity contribution in [1.29, 1.82) is 0 Å². The smallest absolute Gasteiger partial charge is 0.238 e. The van der Waals surface area contributed by atoms with Gasteiger partial charge in [0.1, 0.15) is 6.04 Å². The zero-order chi connectivity index (χ0) is 13.7. The third-order valence-electron chi connectivity index (χ3n) is 3.17. The molecule has 1 unspecified atom stereocenters. The molecule has 7 heteroatoms. The van der Waals surface area contributed by atoms with Crippen LogP contribution in [0.2, 0.25) is 0 Å². The van der Waals surface area contributed by atoms with Crippen molar-refractivity contribution in [2.75, 3.05) is 26.2 Å². The van der Waals surface area contributed by atoms with E-state index in [0.29, 0.717) is 31.3 Å². The van der Waals surface area contributed by atoms with Crippen molar-refractivity contribution in [2.24, 2.45) is 0 Å². The normalized spacial score (nSPS) is 20.4. The Morgan fingerprint density at radius 2 is 2.42 bits per heavy atom. The molecule has 1 aliphatic rings. The number of hydrogen-bond acceptors (Lipinski definition) is 6. The molecule has 0 radical (unpaired) electrons. The van der Waals surface area contributed by atoms with E-state index in [4.69, 9.17) is 4.52 Å². The first-order valence-corrected chi connectivity index (χ1v) is 6.78. The van der Waals surface area contributed by atoms with Crippen LogP contribution in [0, 0.1) is 0 Å². The van der Waals surface area contributed by atoms with Gasteiger partial charge in [-0.05, 0) is 6.92 Å². The Morgan fingerprint density at radius 1 is 1.58 bits per heavy atom. The SMILES string of the molecule is CCNC(=O)C1CNCCN1Cc1noc(CC)n1. The van der Waals surface area contributed by atoms with Gasteiger partial charge in [0.2, 0.25) is 11.8 Å². The van der Waals surface area contributed by atoms with E-state index in [9.17, 15) is 4.79 Å². The molecule has 0 spiro atoms. The maximum Gasteiger partial charge on any atom is 0.238 e. The van der Waals surface area contributed by atoms with Crippen LogP contribution in [-0.4, -0.2) is 53.2 Å². The molecule has 1 aromatic rings. The van der Waals surface area contributed by atoms with Crippen LogP contribution in [0.15, 0.2) is 4.52 Å². The van der Waals surface area contributed by atoms with E-state index in [0.717, 1.165) is 19.5 Å². The van der Waals surface area contributed by atoms with Crippen molar-refractivity contribution in [1.82, 2.24) is 25.7 Å². The molecule has 0 aromatic carbocycles. The van der Waals surface area contributed by atoms with Gasteiger partial charge in [0, 0.05) is 32.6 Å². The molecule has 7 nitrogen and oxygen atoms in total. The summed E-state index contributed by atoms with van der Waals surface area (Å²) in [6, 6.07) is -0.169. The molecular weight excluding hydrogens is 246 g/mol. The number of carbonyl (C=O) groups excluding carboxylic acids is 1. The van der Waals surface area contributed by atoms with E-state index in [-0.39, 0.29) is 11.9 Å². The van der Waals surface area contributed by atoms with Gasteiger partial charge in [0.05, 0.1) is 6.54 Å². The molecule has 19 heavy (non-hydrogen) atoms. The van der Waals surface area contributed by atoms with Crippen molar-refractivity contribution >= 4 is 5.91 Å². The van der Waals surface area contributed by atoms with E-state index in [2.05, 4.69) is 25.7 Å². The van der Waals surface area contributed by atoms with Crippen LogP contribution in [0.1, 0.15) is 25.6 Å². The summed E-state index contributed by atoms with van der Waals surface area (Å²) >= 11 is 0. The number of rotatable bonds is 5. The van der Waals surface area contributed by atoms with Gasteiger partial charge >= 0.3 is 0 Å². The summed E-state index contributed by atoms with van der Waals surface area (Å²) in [5.74, 6) is 1.33. The van der Waals surface area contributed by atoms with Gasteiger partial charge in [-0.2, -0.15) is 4.98 Å². The molecule has 2 N–H and O–H groups in total. The molecule has 1 aromatic heterocycles. The lowest BCUT2D eigenvalue weighted by Gasteiger charge is -2.34. The van der Waals surface area contributed by atoms with Gasteiger partial charge < -0.3 is 15.2 Å². The van der Waals surface area contributed by atoms with E-state index in [1.165, 1.54) is 0 Å². The first-order chi connectivity index (χ1) is 9.24. The van der Waals surface area contributed by atoms with E-state index in [1.807, 2.05) is 13.8 Å². The third-order valence-corrected chi connectivity index (χ3v) is 3.17. The fraction of sp³-hybridized carbons (Fsp3) is 0.750. The Labute approximate surface area is 112 Å². The average Bonchev–Trinajstić information content (AvgIpc) is 2.87. The predicted octanol–water partition coefficient (Wildman–Crippen LogP) is -0.458. The van der Waals surface area contributed by atoms with E-state index >= 15 is 0 Å². The van der Waals surface area contributed by atoms with Gasteiger partial charge in [-0.1, -0.05) is 12.1 Å². The predicted molar refractivity (Wildman–Crippen MR) is 69.4 cm³/mol. The Balaban J connectivity index is 2.00. The van der Waals surface area contributed by atoms with Crippen LogP contribution in [0.25, 0.3) is 0 Å². The minimum atomic E-state index is -0.169. The highest BCUT2D eigenvalue weighted by Gasteiger charge is 2.29. The van der Waals surface area contributed by atoms with Crippen LogP contribution in [0.3, 0.4) is 0 Å². The number of nitrogens with one attached hydrogen (secondary N) is 2. The van der Waals surface area contributed by atoms with Crippen molar-refractivity contribution in [3.63, 3.8) is 0 Å². The zero-order valence-electron chi connectivity index (χ0n) is 11.5. The number of amides is 1. The summed E-state index contributed by atoms with van der Waals surface area (Å²) in [6.45, 7) is 7.42. The zero-order valence-corrected chi connectivity index (χ0v) is 11.5. The molecule has 106 valence electrons. The lowest BCUT2D eigenvalue weighted by molar-refractivity contribution is -0.127. The van der Waals surface area contributed by atoms with Crippen molar-refractivity contribution < 1.29 is 9.32 Å². The molecule has 1 aliphatic heterocycles. The second kappa shape index (κ2) is 6.63. The first kappa shape index (κ1) is 14.0. The summed E-state index contributed by atoms with van der Waals surface area (Å²) < 4.78 is 5.09. The van der Waals surface area contributed by atoms with Crippen LogP contribution in [0.5, 0.6) is 0 Å². The number of likely N-dealkylation sites (N-methyl/N-ethyl adjacent to an activating group) is 1. The highest BCUT2D eigenvalue weighted by Crippen LogP contribution is 2.09. The number of aryl methyl sites for hydroxylation is 1. The lowest BCUT2D eigenvalue weighted by atomic mass is 10.1. The maximum atomic E-state index is 12.0. The third kappa shape index (κ3) is 3.51. The lowest BCUT2D eigenvalue weighted by Crippen LogP contribution is -2.57. The molecule has 1 atom stereocenters. The van der Waals surface area contributed by atoms with Gasteiger partial charge in [-0.3, -0.25) is 9.69 Å². The summed E-state index contributed by atoms with van der Waals surface area (Å²) in [5.41, 5.74) is 0. The Kier molecular flexibility index (Phi) is 4.86.